The summed E-state index contributed by atoms with van der Waals surface area (Å²) in [5, 5.41) is 2.99. The summed E-state index contributed by atoms with van der Waals surface area (Å²) in [7, 11) is -3.18. The molecule has 0 radical (unpaired) electrons. The molecule has 1 amide bonds. The van der Waals surface area contributed by atoms with E-state index in [-0.39, 0.29) is 0 Å². The number of rotatable bonds is 7. The zero-order chi connectivity index (χ0) is 14.5. The van der Waals surface area contributed by atoms with E-state index in [0.29, 0.717) is 36.4 Å². The minimum absolute atomic E-state index is 0.310. The molecule has 0 saturated heterocycles. The summed E-state index contributed by atoms with van der Waals surface area (Å²) in [6.07, 6.45) is 1.65. The van der Waals surface area contributed by atoms with Crippen LogP contribution in [0.2, 0.25) is 0 Å². The third-order valence-electron chi connectivity index (χ3n) is 2.38. The first-order chi connectivity index (χ1) is 8.81. The standard InChI is InChI=1S/C11H18N4O3S/c1-19(17,18)15-7-3-6-14-10-8(11(13)16)4-2-5-9(10)12/h2,4-5,14-15H,3,6-7,12H2,1H3,(H2,13,16). The number of nitrogen functional groups attached to an aromatic ring is 1. The molecule has 0 aliphatic heterocycles. The molecule has 7 nitrogen and oxygen atoms in total. The van der Waals surface area contributed by atoms with Crippen molar-refractivity contribution in [3.8, 4) is 0 Å². The fourth-order valence-corrected chi connectivity index (χ4v) is 2.05. The number of amides is 1. The first-order valence-electron chi connectivity index (χ1n) is 5.68. The van der Waals surface area contributed by atoms with Crippen molar-refractivity contribution < 1.29 is 13.2 Å². The Balaban J connectivity index is 2.56. The molecule has 6 N–H and O–H groups in total. The summed E-state index contributed by atoms with van der Waals surface area (Å²) in [6.45, 7) is 0.779. The number of benzene rings is 1. The van der Waals surface area contributed by atoms with E-state index >= 15 is 0 Å². The SMILES string of the molecule is CS(=O)(=O)NCCCNc1c(N)cccc1C(N)=O. The molecule has 1 aromatic carbocycles. The number of anilines is 2. The second-order valence-corrected chi connectivity index (χ2v) is 5.91. The minimum atomic E-state index is -3.18. The van der Waals surface area contributed by atoms with Crippen molar-refractivity contribution >= 4 is 27.3 Å². The van der Waals surface area contributed by atoms with E-state index in [4.69, 9.17) is 11.5 Å². The molecule has 0 bridgehead atoms. The van der Waals surface area contributed by atoms with Crippen LogP contribution >= 0.6 is 0 Å². The fourth-order valence-electron chi connectivity index (χ4n) is 1.53. The predicted molar refractivity (Wildman–Crippen MR) is 75.3 cm³/mol. The molecular formula is C11H18N4O3S. The van der Waals surface area contributed by atoms with E-state index in [2.05, 4.69) is 10.0 Å². The molecule has 0 atom stereocenters. The molecule has 1 rings (SSSR count). The summed E-state index contributed by atoms with van der Waals surface area (Å²) < 4.78 is 24.1. The van der Waals surface area contributed by atoms with Gasteiger partial charge in [0.05, 0.1) is 23.2 Å². The van der Waals surface area contributed by atoms with Crippen LogP contribution in [0.4, 0.5) is 11.4 Å². The number of para-hydroxylation sites is 1. The van der Waals surface area contributed by atoms with Crippen molar-refractivity contribution in [3.63, 3.8) is 0 Å². The van der Waals surface area contributed by atoms with Crippen LogP contribution in [0.3, 0.4) is 0 Å². The van der Waals surface area contributed by atoms with Crippen LogP contribution in [0.1, 0.15) is 16.8 Å². The second-order valence-electron chi connectivity index (χ2n) is 4.08. The van der Waals surface area contributed by atoms with Crippen LogP contribution in [-0.4, -0.2) is 33.7 Å². The van der Waals surface area contributed by atoms with Gasteiger partial charge in [0.15, 0.2) is 0 Å². The van der Waals surface area contributed by atoms with Crippen molar-refractivity contribution in [1.29, 1.82) is 0 Å². The van der Waals surface area contributed by atoms with Gasteiger partial charge < -0.3 is 16.8 Å². The van der Waals surface area contributed by atoms with Gasteiger partial charge in [-0.15, -0.1) is 0 Å². The van der Waals surface area contributed by atoms with Gasteiger partial charge in [-0.2, -0.15) is 0 Å². The van der Waals surface area contributed by atoms with Gasteiger partial charge in [0.25, 0.3) is 5.91 Å². The fraction of sp³-hybridized carbons (Fsp3) is 0.364. The Morgan fingerprint density at radius 3 is 2.58 bits per heavy atom. The quantitative estimate of drug-likeness (QED) is 0.405. The van der Waals surface area contributed by atoms with E-state index in [1.807, 2.05) is 0 Å². The average Bonchev–Trinajstić information content (AvgIpc) is 2.28. The highest BCUT2D eigenvalue weighted by atomic mass is 32.2. The Morgan fingerprint density at radius 2 is 2.00 bits per heavy atom. The van der Waals surface area contributed by atoms with Crippen LogP contribution in [0.5, 0.6) is 0 Å². The molecule has 106 valence electrons. The average molecular weight is 286 g/mol. The zero-order valence-corrected chi connectivity index (χ0v) is 11.5. The maximum atomic E-state index is 11.2. The Kier molecular flexibility index (Phi) is 5.13. The topological polar surface area (TPSA) is 127 Å². The van der Waals surface area contributed by atoms with Gasteiger partial charge in [-0.05, 0) is 18.6 Å². The molecular weight excluding hydrogens is 268 g/mol. The van der Waals surface area contributed by atoms with Gasteiger partial charge in [0.2, 0.25) is 10.0 Å². The van der Waals surface area contributed by atoms with E-state index in [9.17, 15) is 13.2 Å². The Hall–Kier alpha value is -1.80. The lowest BCUT2D eigenvalue weighted by molar-refractivity contribution is 0.100. The monoisotopic (exact) mass is 286 g/mol. The number of sulfonamides is 1. The largest absolute Gasteiger partial charge is 0.397 e. The van der Waals surface area contributed by atoms with Crippen molar-refractivity contribution in [1.82, 2.24) is 4.72 Å². The molecule has 0 aromatic heterocycles. The molecule has 8 heteroatoms. The molecule has 19 heavy (non-hydrogen) atoms. The molecule has 1 aromatic rings. The summed E-state index contributed by atoms with van der Waals surface area (Å²) in [6, 6.07) is 4.88. The normalized spacial score (nSPS) is 11.2. The summed E-state index contributed by atoms with van der Waals surface area (Å²) >= 11 is 0. The third-order valence-corrected chi connectivity index (χ3v) is 3.11. The number of carbonyl (C=O) groups is 1. The van der Waals surface area contributed by atoms with E-state index in [1.165, 1.54) is 0 Å². The highest BCUT2D eigenvalue weighted by molar-refractivity contribution is 7.88. The maximum absolute atomic E-state index is 11.2. The van der Waals surface area contributed by atoms with Crippen molar-refractivity contribution in [2.24, 2.45) is 5.73 Å². The molecule has 0 unspecified atom stereocenters. The van der Waals surface area contributed by atoms with Crippen LogP contribution in [0, 0.1) is 0 Å². The zero-order valence-electron chi connectivity index (χ0n) is 10.6. The van der Waals surface area contributed by atoms with Gasteiger partial charge in [-0.25, -0.2) is 13.1 Å². The van der Waals surface area contributed by atoms with Gasteiger partial charge >= 0.3 is 0 Å². The maximum Gasteiger partial charge on any atom is 0.250 e. The smallest absolute Gasteiger partial charge is 0.250 e. The number of carbonyl (C=O) groups excluding carboxylic acids is 1. The van der Waals surface area contributed by atoms with E-state index in [0.717, 1.165) is 6.26 Å². The third kappa shape index (κ3) is 5.14. The minimum Gasteiger partial charge on any atom is -0.397 e. The number of nitrogens with two attached hydrogens (primary N) is 2. The van der Waals surface area contributed by atoms with Crippen molar-refractivity contribution in [2.45, 2.75) is 6.42 Å². The number of hydrogen-bond donors (Lipinski definition) is 4. The van der Waals surface area contributed by atoms with Gasteiger partial charge in [0, 0.05) is 13.1 Å². The Bertz CT molecular complexity index is 557. The van der Waals surface area contributed by atoms with Crippen LogP contribution < -0.4 is 21.5 Å². The molecule has 0 saturated carbocycles. The first-order valence-corrected chi connectivity index (χ1v) is 7.57. The number of primary amides is 1. The lowest BCUT2D eigenvalue weighted by Crippen LogP contribution is -2.25. The molecule has 0 aliphatic rings. The molecule has 0 aliphatic carbocycles. The summed E-state index contributed by atoms with van der Waals surface area (Å²) in [5.41, 5.74) is 12.2. The van der Waals surface area contributed by atoms with E-state index in [1.54, 1.807) is 18.2 Å². The predicted octanol–water partition coefficient (Wildman–Crippen LogP) is -0.281. The first kappa shape index (κ1) is 15.3. The van der Waals surface area contributed by atoms with Crippen LogP contribution in [0.25, 0.3) is 0 Å². The van der Waals surface area contributed by atoms with Gasteiger partial charge in [-0.1, -0.05) is 6.07 Å². The Labute approximate surface area is 112 Å². The summed E-state index contributed by atoms with van der Waals surface area (Å²) in [5.74, 6) is -0.566. The number of nitrogens with one attached hydrogen (secondary N) is 2. The van der Waals surface area contributed by atoms with Crippen molar-refractivity contribution in [2.75, 3.05) is 30.4 Å². The second kappa shape index (κ2) is 6.39. The van der Waals surface area contributed by atoms with Gasteiger partial charge in [0.1, 0.15) is 0 Å². The molecule has 0 spiro atoms. The molecule has 0 fully saturated rings. The highest BCUT2D eigenvalue weighted by Crippen LogP contribution is 2.22. The van der Waals surface area contributed by atoms with E-state index < -0.39 is 15.9 Å². The Morgan fingerprint density at radius 1 is 1.32 bits per heavy atom. The highest BCUT2D eigenvalue weighted by Gasteiger charge is 2.10. The lowest BCUT2D eigenvalue weighted by atomic mass is 10.1. The summed E-state index contributed by atoms with van der Waals surface area (Å²) in [4.78, 5) is 11.2. The number of hydrogen-bond acceptors (Lipinski definition) is 5. The van der Waals surface area contributed by atoms with Crippen LogP contribution in [-0.2, 0) is 10.0 Å². The van der Waals surface area contributed by atoms with Crippen molar-refractivity contribution in [3.05, 3.63) is 23.8 Å². The van der Waals surface area contributed by atoms with Crippen LogP contribution in [0.15, 0.2) is 18.2 Å². The lowest BCUT2D eigenvalue weighted by Gasteiger charge is -2.12. The molecule has 0 heterocycles. The van der Waals surface area contributed by atoms with Gasteiger partial charge in [-0.3, -0.25) is 4.79 Å².